The Balaban J connectivity index is 1.98. The van der Waals surface area contributed by atoms with E-state index in [2.05, 4.69) is 30.7 Å². The fourth-order valence-corrected chi connectivity index (χ4v) is 2.11. The molecule has 0 aliphatic carbocycles. The molecule has 0 amide bonds. The molecule has 13 heavy (non-hydrogen) atoms. The molecule has 2 aliphatic heterocycles. The third kappa shape index (κ3) is 1.46. The lowest BCUT2D eigenvalue weighted by molar-refractivity contribution is -0.0484. The molecule has 0 N–H and O–H groups in total. The van der Waals surface area contributed by atoms with E-state index >= 15 is 0 Å². The van der Waals surface area contributed by atoms with Gasteiger partial charge >= 0.3 is 0 Å². The fourth-order valence-electron chi connectivity index (χ4n) is 2.11. The maximum atomic E-state index is 5.19. The van der Waals surface area contributed by atoms with E-state index in [1.807, 2.05) is 6.34 Å². The van der Waals surface area contributed by atoms with Crippen molar-refractivity contribution < 1.29 is 4.74 Å². The van der Waals surface area contributed by atoms with E-state index in [9.17, 15) is 0 Å². The lowest BCUT2D eigenvalue weighted by Gasteiger charge is -2.38. The maximum Gasteiger partial charge on any atom is 0.0861 e. The van der Waals surface area contributed by atoms with Crippen LogP contribution in [0.25, 0.3) is 0 Å². The monoisotopic (exact) mass is 182 g/mol. The molecule has 2 atom stereocenters. The van der Waals surface area contributed by atoms with Crippen molar-refractivity contribution in [3.8, 4) is 0 Å². The van der Waals surface area contributed by atoms with Crippen LogP contribution in [0.3, 0.4) is 0 Å². The second-order valence-corrected chi connectivity index (χ2v) is 4.38. The molecule has 2 aliphatic rings. The van der Waals surface area contributed by atoms with Gasteiger partial charge in [0.2, 0.25) is 0 Å². The van der Waals surface area contributed by atoms with Crippen molar-refractivity contribution in [1.29, 1.82) is 0 Å². The molecule has 0 spiro atoms. The van der Waals surface area contributed by atoms with E-state index < -0.39 is 0 Å². The average Bonchev–Trinajstić information content (AvgIpc) is 2.29. The summed E-state index contributed by atoms with van der Waals surface area (Å²) < 4.78 is 5.19. The van der Waals surface area contributed by atoms with Gasteiger partial charge in [-0.3, -0.25) is 4.99 Å². The molecule has 2 unspecified atom stereocenters. The fraction of sp³-hybridized carbons (Fsp3) is 0.900. The summed E-state index contributed by atoms with van der Waals surface area (Å²) in [5.74, 6) is 0.636. The molecule has 0 bridgehead atoms. The van der Waals surface area contributed by atoms with Crippen molar-refractivity contribution in [2.45, 2.75) is 38.9 Å². The Bertz CT molecular complexity index is 211. The molecular formula is C10H18N2O. The molecule has 3 nitrogen and oxygen atoms in total. The zero-order chi connectivity index (χ0) is 9.42. The van der Waals surface area contributed by atoms with Crippen LogP contribution in [0.15, 0.2) is 4.99 Å². The van der Waals surface area contributed by atoms with Crippen LogP contribution in [0.1, 0.15) is 20.8 Å². The van der Waals surface area contributed by atoms with Gasteiger partial charge in [-0.2, -0.15) is 0 Å². The molecule has 2 rings (SSSR count). The third-order valence-corrected chi connectivity index (χ3v) is 3.06. The Hall–Kier alpha value is -0.570. The van der Waals surface area contributed by atoms with Gasteiger partial charge in [0.15, 0.2) is 0 Å². The summed E-state index contributed by atoms with van der Waals surface area (Å²) in [4.78, 5) is 6.90. The minimum absolute atomic E-state index is 0.473. The number of ether oxygens (including phenoxy) is 1. The molecule has 1 saturated heterocycles. The van der Waals surface area contributed by atoms with Crippen molar-refractivity contribution in [1.82, 2.24) is 4.90 Å². The highest BCUT2D eigenvalue weighted by Gasteiger charge is 2.35. The standard InChI is InChI=1S/C10H18N2O/c1-7(2)10-8(3)12(6-11-10)9-4-13-5-9/h6-10H,4-5H2,1-3H3. The van der Waals surface area contributed by atoms with Gasteiger partial charge < -0.3 is 9.64 Å². The van der Waals surface area contributed by atoms with Crippen LogP contribution < -0.4 is 0 Å². The van der Waals surface area contributed by atoms with Gasteiger partial charge in [0.1, 0.15) is 0 Å². The lowest BCUT2D eigenvalue weighted by Crippen LogP contribution is -2.52. The Labute approximate surface area is 79.8 Å². The van der Waals surface area contributed by atoms with E-state index in [1.54, 1.807) is 0 Å². The highest BCUT2D eigenvalue weighted by molar-refractivity contribution is 5.59. The van der Waals surface area contributed by atoms with Crippen molar-refractivity contribution in [3.63, 3.8) is 0 Å². The van der Waals surface area contributed by atoms with Crippen LogP contribution in [0, 0.1) is 5.92 Å². The van der Waals surface area contributed by atoms with Gasteiger partial charge in [0, 0.05) is 0 Å². The van der Waals surface area contributed by atoms with Crippen LogP contribution in [-0.4, -0.2) is 42.6 Å². The van der Waals surface area contributed by atoms with Gasteiger partial charge in [0.25, 0.3) is 0 Å². The van der Waals surface area contributed by atoms with Gasteiger partial charge in [-0.1, -0.05) is 13.8 Å². The van der Waals surface area contributed by atoms with E-state index in [-0.39, 0.29) is 0 Å². The molecule has 2 heterocycles. The Morgan fingerprint density at radius 2 is 2.15 bits per heavy atom. The zero-order valence-electron chi connectivity index (χ0n) is 8.60. The first-order valence-electron chi connectivity index (χ1n) is 5.08. The van der Waals surface area contributed by atoms with Crippen molar-refractivity contribution in [3.05, 3.63) is 0 Å². The summed E-state index contributed by atoms with van der Waals surface area (Å²) in [6.07, 6.45) is 2.02. The molecule has 0 saturated carbocycles. The molecule has 0 aromatic rings. The molecule has 1 fully saturated rings. The predicted molar refractivity (Wildman–Crippen MR) is 53.0 cm³/mol. The number of hydrogen-bond acceptors (Lipinski definition) is 3. The van der Waals surface area contributed by atoms with Crippen LogP contribution in [0.2, 0.25) is 0 Å². The smallest absolute Gasteiger partial charge is 0.0861 e. The molecule has 0 radical (unpaired) electrons. The molecule has 0 aromatic carbocycles. The second-order valence-electron chi connectivity index (χ2n) is 4.38. The first-order chi connectivity index (χ1) is 6.20. The highest BCUT2D eigenvalue weighted by Crippen LogP contribution is 2.24. The lowest BCUT2D eigenvalue weighted by atomic mass is 9.97. The average molecular weight is 182 g/mol. The van der Waals surface area contributed by atoms with E-state index in [4.69, 9.17) is 4.74 Å². The number of hydrogen-bond donors (Lipinski definition) is 0. The molecule has 3 heteroatoms. The maximum absolute atomic E-state index is 5.19. The van der Waals surface area contributed by atoms with Gasteiger partial charge in [-0.15, -0.1) is 0 Å². The van der Waals surface area contributed by atoms with Gasteiger partial charge in [0.05, 0.1) is 37.7 Å². The summed E-state index contributed by atoms with van der Waals surface area (Å²) >= 11 is 0. The van der Waals surface area contributed by atoms with Crippen molar-refractivity contribution in [2.75, 3.05) is 13.2 Å². The summed E-state index contributed by atoms with van der Waals surface area (Å²) in [5.41, 5.74) is 0. The van der Waals surface area contributed by atoms with Crippen LogP contribution in [0.4, 0.5) is 0 Å². The Morgan fingerprint density at radius 3 is 2.54 bits per heavy atom. The number of rotatable bonds is 2. The Morgan fingerprint density at radius 1 is 1.46 bits per heavy atom. The summed E-state index contributed by atoms with van der Waals surface area (Å²) in [6, 6.07) is 1.61. The van der Waals surface area contributed by atoms with Gasteiger partial charge in [-0.05, 0) is 12.8 Å². The van der Waals surface area contributed by atoms with E-state index in [1.165, 1.54) is 0 Å². The summed E-state index contributed by atoms with van der Waals surface area (Å²) in [5, 5.41) is 0. The predicted octanol–water partition coefficient (Wildman–Crippen LogP) is 1.14. The summed E-state index contributed by atoms with van der Waals surface area (Å²) in [7, 11) is 0. The SMILES string of the molecule is CC(C)C1N=CN(C2COC2)C1C. The summed E-state index contributed by atoms with van der Waals surface area (Å²) in [6.45, 7) is 8.48. The van der Waals surface area contributed by atoms with E-state index in [0.717, 1.165) is 13.2 Å². The largest absolute Gasteiger partial charge is 0.377 e. The first-order valence-corrected chi connectivity index (χ1v) is 5.08. The van der Waals surface area contributed by atoms with E-state index in [0.29, 0.717) is 24.0 Å². The quantitative estimate of drug-likeness (QED) is 0.640. The van der Waals surface area contributed by atoms with Gasteiger partial charge in [-0.25, -0.2) is 0 Å². The molecule has 74 valence electrons. The second kappa shape index (κ2) is 3.29. The van der Waals surface area contributed by atoms with Crippen LogP contribution in [-0.2, 0) is 4.74 Å². The Kier molecular flexibility index (Phi) is 2.28. The van der Waals surface area contributed by atoms with Crippen molar-refractivity contribution >= 4 is 6.34 Å². The molecule has 0 aromatic heterocycles. The van der Waals surface area contributed by atoms with Crippen molar-refractivity contribution in [2.24, 2.45) is 10.9 Å². The van der Waals surface area contributed by atoms with Crippen LogP contribution in [0.5, 0.6) is 0 Å². The number of nitrogens with zero attached hydrogens (tertiary/aromatic N) is 2. The number of aliphatic imine (C=N–C) groups is 1. The first kappa shape index (κ1) is 9.00. The molecular weight excluding hydrogens is 164 g/mol. The minimum Gasteiger partial charge on any atom is -0.377 e. The third-order valence-electron chi connectivity index (χ3n) is 3.06. The zero-order valence-corrected chi connectivity index (χ0v) is 8.60. The topological polar surface area (TPSA) is 24.8 Å². The van der Waals surface area contributed by atoms with Crippen LogP contribution >= 0.6 is 0 Å². The normalized spacial score (nSPS) is 34.3. The highest BCUT2D eigenvalue weighted by atomic mass is 16.5. The minimum atomic E-state index is 0.473.